The molecule has 0 aliphatic carbocycles. The summed E-state index contributed by atoms with van der Waals surface area (Å²) in [5.41, 5.74) is 1.83. The van der Waals surface area contributed by atoms with Gasteiger partial charge in [0.05, 0.1) is 10.6 Å². The smallest absolute Gasteiger partial charge is 0.261 e. The lowest BCUT2D eigenvalue weighted by molar-refractivity contribution is 0.0940. The molecule has 3 N–H and O–H groups in total. The van der Waals surface area contributed by atoms with Gasteiger partial charge in [0.15, 0.2) is 0 Å². The molecule has 0 saturated carbocycles. The van der Waals surface area contributed by atoms with E-state index in [1.807, 2.05) is 19.1 Å². The molecule has 1 saturated heterocycles. The topological polar surface area (TPSA) is 87.3 Å². The van der Waals surface area contributed by atoms with Crippen molar-refractivity contribution in [1.29, 1.82) is 0 Å². The van der Waals surface area contributed by atoms with Crippen LogP contribution in [0.4, 0.5) is 5.69 Å². The van der Waals surface area contributed by atoms with Crippen LogP contribution in [0.15, 0.2) is 53.4 Å². The Labute approximate surface area is 159 Å². The van der Waals surface area contributed by atoms with Crippen LogP contribution < -0.4 is 15.4 Å². The summed E-state index contributed by atoms with van der Waals surface area (Å²) in [5, 5.41) is 6.12. The predicted octanol–water partition coefficient (Wildman–Crippen LogP) is 2.31. The number of nitrogens with one attached hydrogen (secondary N) is 3. The van der Waals surface area contributed by atoms with E-state index in [2.05, 4.69) is 15.4 Å². The lowest BCUT2D eigenvalue weighted by atomic mass is 10.2. The molecule has 140 valence electrons. The van der Waals surface area contributed by atoms with Crippen molar-refractivity contribution in [3.05, 3.63) is 59.7 Å². The van der Waals surface area contributed by atoms with E-state index < -0.39 is 10.0 Å². The van der Waals surface area contributed by atoms with Gasteiger partial charge in [0.2, 0.25) is 0 Å². The zero-order chi connectivity index (χ0) is 17.9. The second kappa shape index (κ2) is 8.53. The molecule has 1 heterocycles. The van der Waals surface area contributed by atoms with Crippen molar-refractivity contribution < 1.29 is 13.2 Å². The molecule has 1 fully saturated rings. The molecule has 6 nitrogen and oxygen atoms in total. The summed E-state index contributed by atoms with van der Waals surface area (Å²) < 4.78 is 27.6. The highest BCUT2D eigenvalue weighted by molar-refractivity contribution is 7.92. The first-order chi connectivity index (χ1) is 12.0. The van der Waals surface area contributed by atoms with Crippen LogP contribution in [0.5, 0.6) is 0 Å². The normalized spacial score (nSPS) is 16.6. The second-order valence-electron chi connectivity index (χ2n) is 6.11. The summed E-state index contributed by atoms with van der Waals surface area (Å²) >= 11 is 0. The summed E-state index contributed by atoms with van der Waals surface area (Å²) in [4.78, 5) is 12.3. The van der Waals surface area contributed by atoms with Crippen LogP contribution >= 0.6 is 12.4 Å². The third-order valence-electron chi connectivity index (χ3n) is 4.21. The fraction of sp³-hybridized carbons (Fsp3) is 0.278. The van der Waals surface area contributed by atoms with Crippen molar-refractivity contribution in [2.75, 3.05) is 17.8 Å². The molecule has 2 aromatic rings. The summed E-state index contributed by atoms with van der Waals surface area (Å²) in [6.07, 6.45) is 0.901. The summed E-state index contributed by atoms with van der Waals surface area (Å²) in [6.45, 7) is 3.49. The molecule has 3 rings (SSSR count). The van der Waals surface area contributed by atoms with Crippen LogP contribution in [0.1, 0.15) is 22.3 Å². The van der Waals surface area contributed by atoms with Crippen LogP contribution in [0.3, 0.4) is 0 Å². The number of carbonyl (C=O) groups excluding carboxylic acids is 1. The molecule has 1 unspecified atom stereocenters. The number of sulfonamides is 1. The van der Waals surface area contributed by atoms with E-state index in [0.717, 1.165) is 25.1 Å². The van der Waals surface area contributed by atoms with Crippen molar-refractivity contribution in [1.82, 2.24) is 10.6 Å². The molecule has 1 amide bonds. The maximum atomic E-state index is 12.5. The van der Waals surface area contributed by atoms with E-state index in [0.29, 0.717) is 11.3 Å². The first kappa shape index (κ1) is 20.2. The average molecular weight is 396 g/mol. The van der Waals surface area contributed by atoms with Gasteiger partial charge < -0.3 is 10.6 Å². The fourth-order valence-electron chi connectivity index (χ4n) is 2.72. The van der Waals surface area contributed by atoms with Gasteiger partial charge >= 0.3 is 0 Å². The number of carbonyl (C=O) groups is 1. The molecular weight excluding hydrogens is 374 g/mol. The highest BCUT2D eigenvalue weighted by Gasteiger charge is 2.19. The number of rotatable bonds is 5. The van der Waals surface area contributed by atoms with E-state index >= 15 is 0 Å². The number of amides is 1. The minimum Gasteiger partial charge on any atom is -0.348 e. The van der Waals surface area contributed by atoms with Gasteiger partial charge in [0.1, 0.15) is 0 Å². The monoisotopic (exact) mass is 395 g/mol. The molecule has 0 aromatic heterocycles. The van der Waals surface area contributed by atoms with E-state index in [4.69, 9.17) is 0 Å². The molecule has 0 bridgehead atoms. The number of benzene rings is 2. The molecule has 2 aromatic carbocycles. The molecule has 0 spiro atoms. The number of hydrogen-bond donors (Lipinski definition) is 3. The second-order valence-corrected chi connectivity index (χ2v) is 7.79. The Bertz CT molecular complexity index is 864. The highest BCUT2D eigenvalue weighted by Crippen LogP contribution is 2.19. The quantitative estimate of drug-likeness (QED) is 0.725. The summed E-state index contributed by atoms with van der Waals surface area (Å²) in [6, 6.07) is 13.3. The lowest BCUT2D eigenvalue weighted by Gasteiger charge is -2.12. The lowest BCUT2D eigenvalue weighted by Crippen LogP contribution is -2.36. The molecule has 8 heteroatoms. The predicted molar refractivity (Wildman–Crippen MR) is 104 cm³/mol. The average Bonchev–Trinajstić information content (AvgIpc) is 3.10. The first-order valence-electron chi connectivity index (χ1n) is 8.16. The van der Waals surface area contributed by atoms with Crippen molar-refractivity contribution in [2.45, 2.75) is 24.3 Å². The Morgan fingerprint density at radius 3 is 2.42 bits per heavy atom. The Kier molecular flexibility index (Phi) is 6.63. The van der Waals surface area contributed by atoms with Crippen LogP contribution in [-0.4, -0.2) is 33.5 Å². The van der Waals surface area contributed by atoms with E-state index in [-0.39, 0.29) is 29.3 Å². The van der Waals surface area contributed by atoms with E-state index in [1.54, 1.807) is 12.1 Å². The Morgan fingerprint density at radius 1 is 1.12 bits per heavy atom. The van der Waals surface area contributed by atoms with E-state index in [1.165, 1.54) is 24.3 Å². The molecule has 1 atom stereocenters. The van der Waals surface area contributed by atoms with Gasteiger partial charge in [-0.3, -0.25) is 9.52 Å². The Morgan fingerprint density at radius 2 is 1.81 bits per heavy atom. The van der Waals surface area contributed by atoms with Gasteiger partial charge in [0, 0.05) is 18.2 Å². The molecular formula is C18H22ClN3O3S. The standard InChI is InChI=1S/C18H21N3O3S.ClH/c1-13-4-2-3-5-17(13)21-25(23,24)16-8-6-14(7-9-16)18(22)20-15-10-11-19-12-15;/h2-9,15,19,21H,10-12H2,1H3,(H,20,22);1H. The zero-order valence-corrected chi connectivity index (χ0v) is 16.0. The van der Waals surface area contributed by atoms with Crippen molar-refractivity contribution in [3.63, 3.8) is 0 Å². The van der Waals surface area contributed by atoms with Crippen molar-refractivity contribution >= 4 is 34.0 Å². The first-order valence-corrected chi connectivity index (χ1v) is 9.64. The SMILES string of the molecule is Cc1ccccc1NS(=O)(=O)c1ccc(C(=O)NC2CCNC2)cc1.Cl. The number of para-hydroxylation sites is 1. The third kappa shape index (κ3) is 4.75. The van der Waals surface area contributed by atoms with Gasteiger partial charge in [-0.2, -0.15) is 0 Å². The number of aryl methyl sites for hydroxylation is 1. The minimum absolute atomic E-state index is 0. The third-order valence-corrected chi connectivity index (χ3v) is 5.59. The molecule has 26 heavy (non-hydrogen) atoms. The Balaban J connectivity index is 0.00000243. The van der Waals surface area contributed by atoms with Gasteiger partial charge in [-0.25, -0.2) is 8.42 Å². The molecule has 1 aliphatic heterocycles. The fourth-order valence-corrected chi connectivity index (χ4v) is 3.85. The summed E-state index contributed by atoms with van der Waals surface area (Å²) in [5.74, 6) is -0.190. The minimum atomic E-state index is -3.69. The van der Waals surface area contributed by atoms with Crippen molar-refractivity contribution in [2.24, 2.45) is 0 Å². The number of halogens is 1. The summed E-state index contributed by atoms with van der Waals surface area (Å²) in [7, 11) is -3.69. The van der Waals surface area contributed by atoms with E-state index in [9.17, 15) is 13.2 Å². The largest absolute Gasteiger partial charge is 0.348 e. The number of anilines is 1. The Hall–Kier alpha value is -2.09. The van der Waals surface area contributed by atoms with Crippen molar-refractivity contribution in [3.8, 4) is 0 Å². The maximum absolute atomic E-state index is 12.5. The maximum Gasteiger partial charge on any atom is 0.261 e. The van der Waals surface area contributed by atoms with Gasteiger partial charge in [-0.15, -0.1) is 12.4 Å². The van der Waals surface area contributed by atoms with Gasteiger partial charge in [-0.1, -0.05) is 18.2 Å². The molecule has 0 radical (unpaired) electrons. The van der Waals surface area contributed by atoms with Crippen LogP contribution in [-0.2, 0) is 10.0 Å². The molecule has 1 aliphatic rings. The van der Waals surface area contributed by atoms with Gasteiger partial charge in [0.25, 0.3) is 15.9 Å². The number of hydrogen-bond acceptors (Lipinski definition) is 4. The van der Waals surface area contributed by atoms with Crippen LogP contribution in [0, 0.1) is 6.92 Å². The van der Waals surface area contributed by atoms with Crippen LogP contribution in [0.2, 0.25) is 0 Å². The zero-order valence-electron chi connectivity index (χ0n) is 14.4. The van der Waals surface area contributed by atoms with Gasteiger partial charge in [-0.05, 0) is 55.8 Å². The van der Waals surface area contributed by atoms with Crippen LogP contribution in [0.25, 0.3) is 0 Å². The highest BCUT2D eigenvalue weighted by atomic mass is 35.5.